The summed E-state index contributed by atoms with van der Waals surface area (Å²) in [5.74, 6) is 0.320. The molecule has 30 heavy (non-hydrogen) atoms. The van der Waals surface area contributed by atoms with Crippen LogP contribution in [-0.4, -0.2) is 34.7 Å². The second kappa shape index (κ2) is 9.45. The van der Waals surface area contributed by atoms with Crippen LogP contribution in [0, 0.1) is 25.7 Å². The van der Waals surface area contributed by atoms with Crippen molar-refractivity contribution in [2.75, 3.05) is 18.0 Å². The SMILES string of the molecule is CCC(C)c1ccccc1N1CC(C(=O)NCC(C)Cn2nc(C)cc2C)CC1=O. The Morgan fingerprint density at radius 1 is 1.27 bits per heavy atom. The van der Waals surface area contributed by atoms with Crippen LogP contribution in [0.15, 0.2) is 30.3 Å². The number of carbonyl (C=O) groups excluding carboxylic acids is 2. The maximum atomic E-state index is 12.8. The van der Waals surface area contributed by atoms with E-state index in [1.807, 2.05) is 36.7 Å². The van der Waals surface area contributed by atoms with Crippen LogP contribution in [0.25, 0.3) is 0 Å². The Morgan fingerprint density at radius 2 is 2.00 bits per heavy atom. The van der Waals surface area contributed by atoms with Crippen molar-refractivity contribution in [2.45, 2.75) is 59.9 Å². The van der Waals surface area contributed by atoms with Crippen LogP contribution in [0.3, 0.4) is 0 Å². The van der Waals surface area contributed by atoms with Gasteiger partial charge in [0, 0.05) is 37.4 Å². The quantitative estimate of drug-likeness (QED) is 0.719. The van der Waals surface area contributed by atoms with Crippen molar-refractivity contribution in [3.8, 4) is 0 Å². The van der Waals surface area contributed by atoms with E-state index in [0.29, 0.717) is 19.0 Å². The van der Waals surface area contributed by atoms with Gasteiger partial charge in [0.25, 0.3) is 0 Å². The highest BCUT2D eigenvalue weighted by Crippen LogP contribution is 2.33. The van der Waals surface area contributed by atoms with Gasteiger partial charge in [0.05, 0.1) is 11.6 Å². The highest BCUT2D eigenvalue weighted by atomic mass is 16.2. The molecule has 1 N–H and O–H groups in total. The van der Waals surface area contributed by atoms with Gasteiger partial charge in [-0.3, -0.25) is 14.3 Å². The predicted octanol–water partition coefficient (Wildman–Crippen LogP) is 3.82. The first-order valence-corrected chi connectivity index (χ1v) is 11.0. The average molecular weight is 411 g/mol. The number of amides is 2. The van der Waals surface area contributed by atoms with Crippen molar-refractivity contribution in [1.82, 2.24) is 15.1 Å². The van der Waals surface area contributed by atoms with Gasteiger partial charge < -0.3 is 10.2 Å². The lowest BCUT2D eigenvalue weighted by molar-refractivity contribution is -0.126. The number of hydrogen-bond donors (Lipinski definition) is 1. The zero-order valence-electron chi connectivity index (χ0n) is 18.8. The van der Waals surface area contributed by atoms with Crippen LogP contribution in [0.5, 0.6) is 0 Å². The molecule has 1 aromatic carbocycles. The van der Waals surface area contributed by atoms with E-state index >= 15 is 0 Å². The van der Waals surface area contributed by atoms with E-state index < -0.39 is 0 Å². The van der Waals surface area contributed by atoms with Crippen LogP contribution in [0.4, 0.5) is 5.69 Å². The van der Waals surface area contributed by atoms with Gasteiger partial charge in [-0.2, -0.15) is 5.10 Å². The molecule has 0 aliphatic carbocycles. The average Bonchev–Trinajstić information content (AvgIpc) is 3.26. The fourth-order valence-electron chi connectivity index (χ4n) is 4.12. The smallest absolute Gasteiger partial charge is 0.227 e. The molecule has 6 nitrogen and oxygen atoms in total. The van der Waals surface area contributed by atoms with Crippen molar-refractivity contribution >= 4 is 17.5 Å². The largest absolute Gasteiger partial charge is 0.355 e. The van der Waals surface area contributed by atoms with Gasteiger partial charge in [-0.15, -0.1) is 0 Å². The van der Waals surface area contributed by atoms with E-state index in [9.17, 15) is 9.59 Å². The summed E-state index contributed by atoms with van der Waals surface area (Å²) in [6.07, 6.45) is 1.28. The molecule has 6 heteroatoms. The molecule has 3 rings (SSSR count). The van der Waals surface area contributed by atoms with Crippen molar-refractivity contribution in [1.29, 1.82) is 0 Å². The minimum atomic E-state index is -0.302. The number of nitrogens with zero attached hydrogens (tertiary/aromatic N) is 3. The topological polar surface area (TPSA) is 67.2 Å². The van der Waals surface area contributed by atoms with Gasteiger partial charge in [-0.05, 0) is 49.8 Å². The zero-order chi connectivity index (χ0) is 21.8. The molecule has 1 saturated heterocycles. The second-order valence-corrected chi connectivity index (χ2v) is 8.73. The zero-order valence-corrected chi connectivity index (χ0v) is 18.8. The normalized spacial score (nSPS) is 18.5. The van der Waals surface area contributed by atoms with E-state index in [0.717, 1.165) is 30.0 Å². The van der Waals surface area contributed by atoms with Gasteiger partial charge in [0.1, 0.15) is 0 Å². The number of nitrogens with one attached hydrogen (secondary N) is 1. The lowest BCUT2D eigenvalue weighted by Crippen LogP contribution is -2.36. The highest BCUT2D eigenvalue weighted by molar-refractivity contribution is 6.00. The third kappa shape index (κ3) is 4.91. The van der Waals surface area contributed by atoms with E-state index in [4.69, 9.17) is 0 Å². The standard InChI is InChI=1S/C24H34N4O2/c1-6-17(3)21-9-7-8-10-22(21)27-15-20(12-23(27)29)24(30)25-13-16(2)14-28-19(5)11-18(4)26-28/h7-11,16-17,20H,6,12-15H2,1-5H3,(H,25,30). The third-order valence-electron chi connectivity index (χ3n) is 6.08. The molecule has 0 spiro atoms. The number of anilines is 1. The maximum absolute atomic E-state index is 12.8. The summed E-state index contributed by atoms with van der Waals surface area (Å²) in [7, 11) is 0. The first-order valence-electron chi connectivity index (χ1n) is 11.0. The fraction of sp³-hybridized carbons (Fsp3) is 0.542. The molecule has 1 aliphatic rings. The van der Waals surface area contributed by atoms with E-state index in [1.165, 1.54) is 5.56 Å². The molecular formula is C24H34N4O2. The van der Waals surface area contributed by atoms with Gasteiger partial charge in [0.15, 0.2) is 0 Å². The molecule has 1 aliphatic heterocycles. The Hall–Kier alpha value is -2.63. The van der Waals surface area contributed by atoms with Crippen molar-refractivity contribution in [3.63, 3.8) is 0 Å². The van der Waals surface area contributed by atoms with E-state index in [2.05, 4.69) is 43.3 Å². The summed E-state index contributed by atoms with van der Waals surface area (Å²) in [5, 5.41) is 7.54. The minimum Gasteiger partial charge on any atom is -0.355 e. The molecule has 2 amide bonds. The number of aromatic nitrogens is 2. The summed E-state index contributed by atoms with van der Waals surface area (Å²) in [6.45, 7) is 12.2. The number of hydrogen-bond acceptors (Lipinski definition) is 3. The van der Waals surface area contributed by atoms with Crippen LogP contribution < -0.4 is 10.2 Å². The third-order valence-corrected chi connectivity index (χ3v) is 6.08. The highest BCUT2D eigenvalue weighted by Gasteiger charge is 2.36. The summed E-state index contributed by atoms with van der Waals surface area (Å²) in [6, 6.07) is 10.1. The monoisotopic (exact) mass is 410 g/mol. The lowest BCUT2D eigenvalue weighted by atomic mass is 9.96. The molecule has 162 valence electrons. The van der Waals surface area contributed by atoms with Gasteiger partial charge in [0.2, 0.25) is 11.8 Å². The molecular weight excluding hydrogens is 376 g/mol. The van der Waals surface area contributed by atoms with Crippen LogP contribution in [0.1, 0.15) is 56.5 Å². The summed E-state index contributed by atoms with van der Waals surface area (Å²) in [5.41, 5.74) is 4.26. The fourth-order valence-corrected chi connectivity index (χ4v) is 4.12. The number of para-hydroxylation sites is 1. The number of rotatable bonds is 8. The van der Waals surface area contributed by atoms with E-state index in [1.54, 1.807) is 4.90 Å². The van der Waals surface area contributed by atoms with Gasteiger partial charge in [-0.25, -0.2) is 0 Å². The van der Waals surface area contributed by atoms with Crippen molar-refractivity contribution in [3.05, 3.63) is 47.3 Å². The molecule has 0 radical (unpaired) electrons. The Kier molecular flexibility index (Phi) is 6.95. The summed E-state index contributed by atoms with van der Waals surface area (Å²) >= 11 is 0. The van der Waals surface area contributed by atoms with Crippen LogP contribution in [-0.2, 0) is 16.1 Å². The Morgan fingerprint density at radius 3 is 2.67 bits per heavy atom. The van der Waals surface area contributed by atoms with Crippen LogP contribution in [0.2, 0.25) is 0 Å². The number of benzene rings is 1. The Balaban J connectivity index is 1.58. The molecule has 3 unspecified atom stereocenters. The number of aryl methyl sites for hydroxylation is 2. The van der Waals surface area contributed by atoms with Crippen LogP contribution >= 0.6 is 0 Å². The number of carbonyl (C=O) groups is 2. The second-order valence-electron chi connectivity index (χ2n) is 8.73. The van der Waals surface area contributed by atoms with E-state index in [-0.39, 0.29) is 30.1 Å². The molecule has 0 saturated carbocycles. The summed E-state index contributed by atoms with van der Waals surface area (Å²) in [4.78, 5) is 27.3. The molecule has 2 aromatic rings. The first kappa shape index (κ1) is 22.1. The van der Waals surface area contributed by atoms with Gasteiger partial charge in [-0.1, -0.05) is 39.0 Å². The van der Waals surface area contributed by atoms with Gasteiger partial charge >= 0.3 is 0 Å². The molecule has 2 heterocycles. The predicted molar refractivity (Wildman–Crippen MR) is 119 cm³/mol. The Bertz CT molecular complexity index is 904. The first-order chi connectivity index (χ1) is 14.3. The summed E-state index contributed by atoms with van der Waals surface area (Å²) < 4.78 is 1.98. The lowest BCUT2D eigenvalue weighted by Gasteiger charge is -2.23. The molecule has 1 fully saturated rings. The van der Waals surface area contributed by atoms with Crippen molar-refractivity contribution < 1.29 is 9.59 Å². The maximum Gasteiger partial charge on any atom is 0.227 e. The Labute approximate surface area is 179 Å². The van der Waals surface area contributed by atoms with Crippen molar-refractivity contribution in [2.24, 2.45) is 11.8 Å². The molecule has 0 bridgehead atoms. The molecule has 1 aromatic heterocycles. The molecule has 3 atom stereocenters. The minimum absolute atomic E-state index is 0.0293.